The van der Waals surface area contributed by atoms with Crippen molar-refractivity contribution in [3.8, 4) is 11.4 Å². The summed E-state index contributed by atoms with van der Waals surface area (Å²) >= 11 is 12.2. The van der Waals surface area contributed by atoms with Crippen LogP contribution in [-0.4, -0.2) is 9.97 Å². The molecule has 3 rings (SSSR count). The summed E-state index contributed by atoms with van der Waals surface area (Å²) in [5.74, 6) is 0.778. The van der Waals surface area contributed by atoms with Crippen LogP contribution >= 0.6 is 23.2 Å². The predicted octanol–water partition coefficient (Wildman–Crippen LogP) is 4.85. The molecule has 2 nitrogen and oxygen atoms in total. The molecule has 0 amide bonds. The zero-order chi connectivity index (χ0) is 12.7. The summed E-state index contributed by atoms with van der Waals surface area (Å²) in [7, 11) is 0. The fourth-order valence-electron chi connectivity index (χ4n) is 1.98. The number of H-pyrrole nitrogens is 1. The van der Waals surface area contributed by atoms with E-state index in [1.54, 1.807) is 0 Å². The second-order valence-corrected chi connectivity index (χ2v) is 5.08. The van der Waals surface area contributed by atoms with Gasteiger partial charge in [-0.05, 0) is 36.8 Å². The number of aromatic nitrogens is 2. The van der Waals surface area contributed by atoms with Crippen molar-refractivity contribution < 1.29 is 0 Å². The first-order valence-corrected chi connectivity index (χ1v) is 6.31. The zero-order valence-electron chi connectivity index (χ0n) is 9.67. The van der Waals surface area contributed by atoms with Gasteiger partial charge in [0.05, 0.1) is 10.5 Å². The van der Waals surface area contributed by atoms with Gasteiger partial charge in [0.25, 0.3) is 0 Å². The fourth-order valence-corrected chi connectivity index (χ4v) is 2.49. The van der Waals surface area contributed by atoms with Gasteiger partial charge in [-0.1, -0.05) is 35.3 Å². The number of nitrogens with zero attached hydrogens (tertiary/aromatic N) is 1. The molecular formula is C14H10Cl2N2. The molecule has 0 saturated heterocycles. The maximum Gasteiger partial charge on any atom is 0.138 e. The number of fused-ring (bicyclic) bond motifs is 1. The topological polar surface area (TPSA) is 28.7 Å². The molecular weight excluding hydrogens is 267 g/mol. The second kappa shape index (κ2) is 4.30. The summed E-state index contributed by atoms with van der Waals surface area (Å²) in [6.07, 6.45) is 0. The molecule has 0 bridgehead atoms. The molecule has 1 N–H and O–H groups in total. The first-order valence-electron chi connectivity index (χ1n) is 5.55. The summed E-state index contributed by atoms with van der Waals surface area (Å²) in [4.78, 5) is 7.79. The normalized spacial score (nSPS) is 11.1. The molecule has 0 atom stereocenters. The molecule has 4 heteroatoms. The van der Waals surface area contributed by atoms with Gasteiger partial charge >= 0.3 is 0 Å². The average Bonchev–Trinajstić information content (AvgIpc) is 2.73. The van der Waals surface area contributed by atoms with Crippen molar-refractivity contribution in [3.63, 3.8) is 0 Å². The molecule has 2 aromatic carbocycles. The van der Waals surface area contributed by atoms with Crippen LogP contribution in [0.5, 0.6) is 0 Å². The molecule has 18 heavy (non-hydrogen) atoms. The average molecular weight is 277 g/mol. The van der Waals surface area contributed by atoms with Crippen molar-refractivity contribution >= 4 is 34.2 Å². The quantitative estimate of drug-likeness (QED) is 0.677. The first kappa shape index (κ1) is 11.6. The summed E-state index contributed by atoms with van der Waals surface area (Å²) in [5.41, 5.74) is 3.79. The van der Waals surface area contributed by atoms with Gasteiger partial charge in [-0.3, -0.25) is 0 Å². The summed E-state index contributed by atoms with van der Waals surface area (Å²) in [6, 6.07) is 11.5. The third-order valence-corrected chi connectivity index (χ3v) is 3.31. The van der Waals surface area contributed by atoms with Crippen molar-refractivity contribution in [2.24, 2.45) is 0 Å². The number of aromatic amines is 1. The van der Waals surface area contributed by atoms with E-state index in [4.69, 9.17) is 23.2 Å². The van der Waals surface area contributed by atoms with E-state index in [0.717, 1.165) is 28.0 Å². The largest absolute Gasteiger partial charge is 0.338 e. The maximum atomic E-state index is 6.19. The van der Waals surface area contributed by atoms with Crippen molar-refractivity contribution in [1.29, 1.82) is 0 Å². The van der Waals surface area contributed by atoms with E-state index in [2.05, 4.69) is 9.97 Å². The van der Waals surface area contributed by atoms with Gasteiger partial charge in [-0.15, -0.1) is 0 Å². The lowest BCUT2D eigenvalue weighted by Crippen LogP contribution is -1.79. The van der Waals surface area contributed by atoms with Crippen molar-refractivity contribution in [2.45, 2.75) is 6.92 Å². The van der Waals surface area contributed by atoms with Gasteiger partial charge in [0, 0.05) is 10.6 Å². The monoisotopic (exact) mass is 276 g/mol. The number of hydrogen-bond acceptors (Lipinski definition) is 1. The molecule has 0 aliphatic heterocycles. The molecule has 90 valence electrons. The van der Waals surface area contributed by atoms with E-state index >= 15 is 0 Å². The number of hydrogen-bond donors (Lipinski definition) is 1. The molecule has 0 aliphatic carbocycles. The van der Waals surface area contributed by atoms with Crippen molar-refractivity contribution in [1.82, 2.24) is 9.97 Å². The van der Waals surface area contributed by atoms with E-state index in [1.807, 2.05) is 43.3 Å². The third kappa shape index (κ3) is 1.98. The van der Waals surface area contributed by atoms with Crippen LogP contribution in [0.4, 0.5) is 0 Å². The molecule has 0 fully saturated rings. The van der Waals surface area contributed by atoms with Gasteiger partial charge in [0.1, 0.15) is 11.3 Å². The van der Waals surface area contributed by atoms with E-state index in [-0.39, 0.29) is 0 Å². The highest BCUT2D eigenvalue weighted by Crippen LogP contribution is 2.27. The number of benzene rings is 2. The van der Waals surface area contributed by atoms with Crippen LogP contribution in [-0.2, 0) is 0 Å². The minimum Gasteiger partial charge on any atom is -0.338 e. The van der Waals surface area contributed by atoms with E-state index in [9.17, 15) is 0 Å². The lowest BCUT2D eigenvalue weighted by molar-refractivity contribution is 1.34. The zero-order valence-corrected chi connectivity index (χ0v) is 11.2. The SMILES string of the molecule is Cc1cc(Cl)c2nc(-c3cccc(Cl)c3)[nH]c2c1. The van der Waals surface area contributed by atoms with Crippen LogP contribution in [0.2, 0.25) is 10.0 Å². The Kier molecular flexibility index (Phi) is 2.77. The van der Waals surface area contributed by atoms with Crippen LogP contribution in [0.3, 0.4) is 0 Å². The van der Waals surface area contributed by atoms with Gasteiger partial charge < -0.3 is 4.98 Å². The van der Waals surface area contributed by atoms with Crippen molar-refractivity contribution in [3.05, 3.63) is 52.0 Å². The highest BCUT2D eigenvalue weighted by atomic mass is 35.5. The van der Waals surface area contributed by atoms with Crippen LogP contribution in [0.25, 0.3) is 22.4 Å². The number of aryl methyl sites for hydroxylation is 1. The predicted molar refractivity (Wildman–Crippen MR) is 76.3 cm³/mol. The minimum absolute atomic E-state index is 0.662. The van der Waals surface area contributed by atoms with Crippen molar-refractivity contribution in [2.75, 3.05) is 0 Å². The molecule has 3 aromatic rings. The Morgan fingerprint density at radius 2 is 1.94 bits per heavy atom. The number of imidazole rings is 1. The van der Waals surface area contributed by atoms with E-state index in [1.165, 1.54) is 0 Å². The molecule has 1 heterocycles. The standard InChI is InChI=1S/C14H10Cl2N2/c1-8-5-11(16)13-12(6-8)17-14(18-13)9-3-2-4-10(15)7-9/h2-7H,1H3,(H,17,18). The van der Waals surface area contributed by atoms with Crippen LogP contribution in [0.1, 0.15) is 5.56 Å². The maximum absolute atomic E-state index is 6.19. The molecule has 0 spiro atoms. The molecule has 0 radical (unpaired) electrons. The Hall–Kier alpha value is -1.51. The second-order valence-electron chi connectivity index (χ2n) is 4.24. The lowest BCUT2D eigenvalue weighted by Gasteiger charge is -1.96. The Balaban J connectivity index is 2.22. The number of halogens is 2. The third-order valence-electron chi connectivity index (χ3n) is 2.78. The Labute approximate surface area is 115 Å². The number of rotatable bonds is 1. The highest BCUT2D eigenvalue weighted by Gasteiger charge is 2.09. The fraction of sp³-hybridized carbons (Fsp3) is 0.0714. The lowest BCUT2D eigenvalue weighted by atomic mass is 10.2. The number of nitrogens with one attached hydrogen (secondary N) is 1. The molecule has 0 saturated carbocycles. The van der Waals surface area contributed by atoms with E-state index in [0.29, 0.717) is 10.0 Å². The summed E-state index contributed by atoms with van der Waals surface area (Å²) < 4.78 is 0. The first-order chi connectivity index (χ1) is 8.63. The Morgan fingerprint density at radius 1 is 1.11 bits per heavy atom. The minimum atomic E-state index is 0.662. The summed E-state index contributed by atoms with van der Waals surface area (Å²) in [6.45, 7) is 2.01. The van der Waals surface area contributed by atoms with E-state index < -0.39 is 0 Å². The summed E-state index contributed by atoms with van der Waals surface area (Å²) in [5, 5.41) is 1.35. The van der Waals surface area contributed by atoms with Gasteiger partial charge in [-0.25, -0.2) is 4.98 Å². The Morgan fingerprint density at radius 3 is 2.72 bits per heavy atom. The smallest absolute Gasteiger partial charge is 0.138 e. The van der Waals surface area contributed by atoms with Crippen LogP contribution in [0.15, 0.2) is 36.4 Å². The highest BCUT2D eigenvalue weighted by molar-refractivity contribution is 6.35. The molecule has 0 aliphatic rings. The molecule has 0 unspecified atom stereocenters. The van der Waals surface area contributed by atoms with Gasteiger partial charge in [0.2, 0.25) is 0 Å². The van der Waals surface area contributed by atoms with Crippen LogP contribution in [0, 0.1) is 6.92 Å². The molecule has 1 aromatic heterocycles. The Bertz CT molecular complexity index is 732. The van der Waals surface area contributed by atoms with Crippen LogP contribution < -0.4 is 0 Å². The van der Waals surface area contributed by atoms with Gasteiger partial charge in [0.15, 0.2) is 0 Å². The van der Waals surface area contributed by atoms with Gasteiger partial charge in [-0.2, -0.15) is 0 Å².